The zero-order chi connectivity index (χ0) is 17.9. The summed E-state index contributed by atoms with van der Waals surface area (Å²) in [5.41, 5.74) is 0.588. The first-order valence-electron chi connectivity index (χ1n) is 10.6. The largest absolute Gasteiger partial charge is 0.379 e. The van der Waals surface area contributed by atoms with Gasteiger partial charge in [0, 0.05) is 6.04 Å². The van der Waals surface area contributed by atoms with E-state index in [0.29, 0.717) is 17.0 Å². The monoisotopic (exact) mass is 375 g/mol. The van der Waals surface area contributed by atoms with Crippen molar-refractivity contribution in [1.29, 1.82) is 0 Å². The molecule has 1 N–H and O–H groups in total. The summed E-state index contributed by atoms with van der Waals surface area (Å²) in [5.74, 6) is 2.98. The van der Waals surface area contributed by atoms with Crippen molar-refractivity contribution in [3.05, 3.63) is 21.6 Å². The number of anilines is 1. The summed E-state index contributed by atoms with van der Waals surface area (Å²) in [6.07, 6.45) is 14.2. The maximum absolute atomic E-state index is 13.2. The number of rotatable bonds is 3. The van der Waals surface area contributed by atoms with Crippen molar-refractivity contribution >= 4 is 17.3 Å². The average molecular weight is 376 g/mol. The van der Waals surface area contributed by atoms with Crippen molar-refractivity contribution in [3.8, 4) is 0 Å². The summed E-state index contributed by atoms with van der Waals surface area (Å²) < 4.78 is 1.79. The molecule has 26 heavy (non-hydrogen) atoms. The van der Waals surface area contributed by atoms with E-state index in [1.165, 1.54) is 38.5 Å². The van der Waals surface area contributed by atoms with Gasteiger partial charge in [0.2, 0.25) is 0 Å². The topological polar surface area (TPSA) is 46.9 Å². The van der Waals surface area contributed by atoms with Crippen LogP contribution in [-0.2, 0) is 5.54 Å². The van der Waals surface area contributed by atoms with Crippen molar-refractivity contribution in [2.75, 3.05) is 5.32 Å². The van der Waals surface area contributed by atoms with Gasteiger partial charge in [-0.1, -0.05) is 31.4 Å². The molecule has 4 bridgehead atoms. The fourth-order valence-electron chi connectivity index (χ4n) is 6.93. The summed E-state index contributed by atoms with van der Waals surface area (Å²) in [7, 11) is 0. The molecule has 0 spiro atoms. The lowest BCUT2D eigenvalue weighted by molar-refractivity contribution is -0.0518. The Morgan fingerprint density at radius 2 is 1.73 bits per heavy atom. The Balaban J connectivity index is 1.45. The molecule has 2 atom stereocenters. The third-order valence-corrected chi connectivity index (χ3v) is 8.19. The Kier molecular flexibility index (Phi) is 4.11. The molecule has 0 amide bonds. The highest BCUT2D eigenvalue weighted by atomic mass is 35.5. The van der Waals surface area contributed by atoms with Gasteiger partial charge >= 0.3 is 0 Å². The molecule has 5 heteroatoms. The molecule has 5 aliphatic rings. The van der Waals surface area contributed by atoms with E-state index in [-0.39, 0.29) is 11.1 Å². The van der Waals surface area contributed by atoms with E-state index in [4.69, 9.17) is 11.6 Å². The maximum atomic E-state index is 13.2. The molecular weight excluding hydrogens is 346 g/mol. The Hall–Kier alpha value is -1.03. The summed E-state index contributed by atoms with van der Waals surface area (Å²) >= 11 is 6.57. The van der Waals surface area contributed by atoms with E-state index < -0.39 is 0 Å². The van der Waals surface area contributed by atoms with Gasteiger partial charge in [0.1, 0.15) is 5.02 Å². The van der Waals surface area contributed by atoms with Crippen molar-refractivity contribution in [3.63, 3.8) is 0 Å². The van der Waals surface area contributed by atoms with Crippen LogP contribution in [0.4, 0.5) is 5.69 Å². The van der Waals surface area contributed by atoms with Crippen molar-refractivity contribution in [2.45, 2.75) is 82.7 Å². The van der Waals surface area contributed by atoms with Crippen molar-refractivity contribution < 1.29 is 0 Å². The smallest absolute Gasteiger partial charge is 0.288 e. The molecule has 5 saturated carbocycles. The summed E-state index contributed by atoms with van der Waals surface area (Å²) in [5, 5.41) is 8.55. The Bertz CT molecular complexity index is 723. The minimum absolute atomic E-state index is 0.0634. The van der Waals surface area contributed by atoms with Gasteiger partial charge in [-0.3, -0.25) is 4.79 Å². The van der Waals surface area contributed by atoms with Gasteiger partial charge in [0.15, 0.2) is 0 Å². The molecule has 1 aromatic heterocycles. The molecule has 0 saturated heterocycles. The van der Waals surface area contributed by atoms with E-state index in [9.17, 15) is 4.79 Å². The number of nitrogens with zero attached hydrogens (tertiary/aromatic N) is 2. The highest BCUT2D eigenvalue weighted by molar-refractivity contribution is 6.32. The number of halogens is 1. The minimum atomic E-state index is -0.0814. The van der Waals surface area contributed by atoms with Crippen LogP contribution in [0.15, 0.2) is 11.0 Å². The summed E-state index contributed by atoms with van der Waals surface area (Å²) in [4.78, 5) is 13.2. The van der Waals surface area contributed by atoms with Crippen LogP contribution in [0.2, 0.25) is 5.02 Å². The summed E-state index contributed by atoms with van der Waals surface area (Å²) in [6, 6.07) is 0.401. The lowest BCUT2D eigenvalue weighted by Crippen LogP contribution is -2.55. The van der Waals surface area contributed by atoms with Crippen LogP contribution >= 0.6 is 11.6 Å². The number of aromatic nitrogens is 2. The molecule has 0 aliphatic heterocycles. The van der Waals surface area contributed by atoms with Gasteiger partial charge in [-0.15, -0.1) is 0 Å². The molecule has 142 valence electrons. The van der Waals surface area contributed by atoms with Crippen molar-refractivity contribution in [1.82, 2.24) is 9.78 Å². The minimum Gasteiger partial charge on any atom is -0.379 e. The van der Waals surface area contributed by atoms with Crippen LogP contribution in [0.1, 0.15) is 71.1 Å². The van der Waals surface area contributed by atoms with E-state index >= 15 is 0 Å². The third-order valence-electron chi connectivity index (χ3n) is 7.83. The van der Waals surface area contributed by atoms with Gasteiger partial charge in [0.25, 0.3) is 5.56 Å². The SMILES string of the molecule is C[C@@H]1CCCC[C@H]1Nc1cnn(C23CC4CC(CC(C4)C2)C3)c(=O)c1Cl. The van der Waals surface area contributed by atoms with E-state index in [1.807, 2.05) is 6.20 Å². The fraction of sp³-hybridized carbons (Fsp3) is 0.810. The quantitative estimate of drug-likeness (QED) is 0.824. The predicted octanol–water partition coefficient (Wildman–Crippen LogP) is 4.81. The van der Waals surface area contributed by atoms with Crippen LogP contribution in [0.3, 0.4) is 0 Å². The summed E-state index contributed by atoms with van der Waals surface area (Å²) in [6.45, 7) is 2.29. The van der Waals surface area contributed by atoms with E-state index in [0.717, 1.165) is 49.1 Å². The normalized spacial score (nSPS) is 41.4. The van der Waals surface area contributed by atoms with Gasteiger partial charge in [-0.25, -0.2) is 4.68 Å². The molecular formula is C21H30ClN3O. The van der Waals surface area contributed by atoms with Crippen LogP contribution < -0.4 is 10.9 Å². The molecule has 5 fully saturated rings. The molecule has 1 heterocycles. The first kappa shape index (κ1) is 17.1. The average Bonchev–Trinajstić information content (AvgIpc) is 2.59. The zero-order valence-corrected chi connectivity index (χ0v) is 16.5. The first-order chi connectivity index (χ1) is 12.5. The van der Waals surface area contributed by atoms with E-state index in [2.05, 4.69) is 17.3 Å². The van der Waals surface area contributed by atoms with Gasteiger partial charge < -0.3 is 5.32 Å². The van der Waals surface area contributed by atoms with Gasteiger partial charge in [-0.2, -0.15) is 5.10 Å². The second kappa shape index (κ2) is 6.25. The molecule has 4 nitrogen and oxygen atoms in total. The molecule has 6 rings (SSSR count). The molecule has 5 aliphatic carbocycles. The highest BCUT2D eigenvalue weighted by Crippen LogP contribution is 2.58. The van der Waals surface area contributed by atoms with Crippen LogP contribution in [0.5, 0.6) is 0 Å². The standard InChI is InChI=1S/C21H30ClN3O/c1-13-4-2-3-5-17(13)24-18-12-23-25(20(26)19(18)22)21-9-14-6-15(10-21)8-16(7-14)11-21/h12-17,24H,2-11H2,1H3/t13-,14?,15?,16?,17-,21?/m1/s1. The number of nitrogens with one attached hydrogen (secondary N) is 1. The van der Waals surface area contributed by atoms with Gasteiger partial charge in [-0.05, 0) is 75.0 Å². The Morgan fingerprint density at radius 1 is 1.12 bits per heavy atom. The molecule has 0 aromatic carbocycles. The first-order valence-corrected chi connectivity index (χ1v) is 11.0. The number of hydrogen-bond acceptors (Lipinski definition) is 3. The third kappa shape index (κ3) is 2.71. The predicted molar refractivity (Wildman–Crippen MR) is 105 cm³/mol. The fourth-order valence-corrected chi connectivity index (χ4v) is 7.11. The zero-order valence-electron chi connectivity index (χ0n) is 15.7. The van der Waals surface area contributed by atoms with Crippen LogP contribution in [-0.4, -0.2) is 15.8 Å². The van der Waals surface area contributed by atoms with E-state index in [1.54, 1.807) is 4.68 Å². The highest BCUT2D eigenvalue weighted by Gasteiger charge is 2.53. The van der Waals surface area contributed by atoms with Crippen LogP contribution in [0, 0.1) is 23.7 Å². The number of hydrogen-bond donors (Lipinski definition) is 1. The second-order valence-electron chi connectivity index (χ2n) is 9.74. The molecule has 1 aromatic rings. The van der Waals surface area contributed by atoms with Crippen LogP contribution in [0.25, 0.3) is 0 Å². The van der Waals surface area contributed by atoms with Crippen molar-refractivity contribution in [2.24, 2.45) is 23.7 Å². The Morgan fingerprint density at radius 3 is 2.35 bits per heavy atom. The van der Waals surface area contributed by atoms with Gasteiger partial charge in [0.05, 0.1) is 17.4 Å². The lowest BCUT2D eigenvalue weighted by atomic mass is 9.53. The molecule has 0 unspecified atom stereocenters. The maximum Gasteiger partial charge on any atom is 0.288 e. The second-order valence-corrected chi connectivity index (χ2v) is 10.1. The molecule has 0 radical (unpaired) electrons. The Labute approximate surface area is 160 Å². The lowest BCUT2D eigenvalue weighted by Gasteiger charge is -2.56.